The van der Waals surface area contributed by atoms with Gasteiger partial charge in [-0.05, 0) is 31.9 Å². The summed E-state index contributed by atoms with van der Waals surface area (Å²) in [4.78, 5) is 18.2. The van der Waals surface area contributed by atoms with E-state index in [4.69, 9.17) is 0 Å². The van der Waals surface area contributed by atoms with E-state index in [9.17, 15) is 10.1 Å². The first kappa shape index (κ1) is 13.3. The highest BCUT2D eigenvalue weighted by Crippen LogP contribution is 2.26. The second-order valence-corrected chi connectivity index (χ2v) is 4.92. The van der Waals surface area contributed by atoms with Gasteiger partial charge in [0.25, 0.3) is 0 Å². The number of nitriles is 1. The number of anilines is 1. The fraction of sp³-hybridized carbons (Fsp3) is 0.500. The van der Waals surface area contributed by atoms with E-state index in [2.05, 4.69) is 16.4 Å². The molecular formula is C14H18N4O. The monoisotopic (exact) mass is 258 g/mol. The van der Waals surface area contributed by atoms with Crippen LogP contribution in [0.25, 0.3) is 0 Å². The van der Waals surface area contributed by atoms with Gasteiger partial charge in [-0.2, -0.15) is 5.26 Å². The lowest BCUT2D eigenvalue weighted by atomic mass is 10.1. The smallest absolute Gasteiger partial charge is 0.224 e. The third kappa shape index (κ3) is 2.53. The van der Waals surface area contributed by atoms with Crippen LogP contribution in [0.3, 0.4) is 0 Å². The van der Waals surface area contributed by atoms with Gasteiger partial charge in [0.1, 0.15) is 11.9 Å². The number of pyridine rings is 1. The molecule has 0 aromatic carbocycles. The summed E-state index contributed by atoms with van der Waals surface area (Å²) in [5, 5.41) is 11.9. The highest BCUT2D eigenvalue weighted by atomic mass is 16.1. The third-order valence-electron chi connectivity index (χ3n) is 3.67. The van der Waals surface area contributed by atoms with Crippen LogP contribution in [0.5, 0.6) is 0 Å². The molecule has 1 aliphatic heterocycles. The van der Waals surface area contributed by atoms with Gasteiger partial charge in [0, 0.05) is 25.8 Å². The van der Waals surface area contributed by atoms with Gasteiger partial charge in [-0.1, -0.05) is 0 Å². The molecule has 5 heteroatoms. The molecule has 0 spiro atoms. The average molecular weight is 258 g/mol. The number of carbonyl (C=O) groups excluding carboxylic acids is 1. The van der Waals surface area contributed by atoms with Crippen molar-refractivity contribution in [3.05, 3.63) is 22.9 Å². The molecule has 0 saturated carbocycles. The van der Waals surface area contributed by atoms with Crippen LogP contribution in [0.15, 0.2) is 6.07 Å². The number of hydrogen-bond acceptors (Lipinski definition) is 4. The van der Waals surface area contributed by atoms with Crippen molar-refractivity contribution in [2.24, 2.45) is 5.92 Å². The molecule has 1 amide bonds. The second kappa shape index (κ2) is 5.27. The Kier molecular flexibility index (Phi) is 3.70. The van der Waals surface area contributed by atoms with Gasteiger partial charge in [0.2, 0.25) is 5.91 Å². The molecule has 1 aliphatic rings. The van der Waals surface area contributed by atoms with Gasteiger partial charge in [0.15, 0.2) is 0 Å². The predicted molar refractivity (Wildman–Crippen MR) is 72.8 cm³/mol. The standard InChI is InChI=1S/C14H18N4O/c1-9-6-12(7-15)13(17-10(9)2)18-5-4-11(8-18)14(19)16-3/h6,11H,4-5,8H2,1-3H3,(H,16,19)/t11-/m1/s1. The number of carbonyl (C=O) groups is 1. The van der Waals surface area contributed by atoms with Gasteiger partial charge in [-0.3, -0.25) is 4.79 Å². The molecule has 0 bridgehead atoms. The zero-order chi connectivity index (χ0) is 14.0. The maximum absolute atomic E-state index is 11.6. The van der Waals surface area contributed by atoms with Crippen molar-refractivity contribution in [2.75, 3.05) is 25.0 Å². The summed E-state index contributed by atoms with van der Waals surface area (Å²) >= 11 is 0. The Hall–Kier alpha value is -2.09. The summed E-state index contributed by atoms with van der Waals surface area (Å²) in [6.45, 7) is 5.28. The molecule has 1 N–H and O–H groups in total. The molecule has 2 heterocycles. The Morgan fingerprint density at radius 3 is 2.95 bits per heavy atom. The lowest BCUT2D eigenvalue weighted by Gasteiger charge is -2.19. The molecule has 2 rings (SSSR count). The van der Waals surface area contributed by atoms with Crippen molar-refractivity contribution in [2.45, 2.75) is 20.3 Å². The SMILES string of the molecule is CNC(=O)[C@@H]1CCN(c2nc(C)c(C)cc2C#N)C1. The van der Waals surface area contributed by atoms with E-state index < -0.39 is 0 Å². The van der Waals surface area contributed by atoms with Crippen LogP contribution in [0, 0.1) is 31.1 Å². The third-order valence-corrected chi connectivity index (χ3v) is 3.67. The molecule has 19 heavy (non-hydrogen) atoms. The lowest BCUT2D eigenvalue weighted by molar-refractivity contribution is -0.123. The second-order valence-electron chi connectivity index (χ2n) is 4.92. The molecule has 100 valence electrons. The molecule has 0 radical (unpaired) electrons. The summed E-state index contributed by atoms with van der Waals surface area (Å²) in [6, 6.07) is 4.06. The zero-order valence-electron chi connectivity index (χ0n) is 11.5. The van der Waals surface area contributed by atoms with E-state index in [0.717, 1.165) is 24.2 Å². The van der Waals surface area contributed by atoms with Gasteiger partial charge < -0.3 is 10.2 Å². The zero-order valence-corrected chi connectivity index (χ0v) is 11.5. The van der Waals surface area contributed by atoms with Crippen LogP contribution < -0.4 is 10.2 Å². The number of aromatic nitrogens is 1. The van der Waals surface area contributed by atoms with Crippen LogP contribution in [-0.4, -0.2) is 31.0 Å². The molecule has 1 aromatic heterocycles. The van der Waals surface area contributed by atoms with E-state index in [1.54, 1.807) is 7.05 Å². The molecule has 0 unspecified atom stereocenters. The quantitative estimate of drug-likeness (QED) is 0.863. The van der Waals surface area contributed by atoms with E-state index in [-0.39, 0.29) is 11.8 Å². The van der Waals surface area contributed by atoms with Gasteiger partial charge in [-0.25, -0.2) is 4.98 Å². The highest BCUT2D eigenvalue weighted by Gasteiger charge is 2.29. The van der Waals surface area contributed by atoms with Crippen LogP contribution in [-0.2, 0) is 4.79 Å². The van der Waals surface area contributed by atoms with E-state index >= 15 is 0 Å². The van der Waals surface area contributed by atoms with Crippen molar-refractivity contribution >= 4 is 11.7 Å². The van der Waals surface area contributed by atoms with Crippen LogP contribution >= 0.6 is 0 Å². The molecule has 0 aliphatic carbocycles. The maximum atomic E-state index is 11.6. The number of nitrogens with zero attached hydrogens (tertiary/aromatic N) is 3. The van der Waals surface area contributed by atoms with Crippen molar-refractivity contribution in [3.8, 4) is 6.07 Å². The Morgan fingerprint density at radius 1 is 1.58 bits per heavy atom. The summed E-state index contributed by atoms with van der Waals surface area (Å²) < 4.78 is 0. The van der Waals surface area contributed by atoms with Crippen LogP contribution in [0.2, 0.25) is 0 Å². The highest BCUT2D eigenvalue weighted by molar-refractivity contribution is 5.79. The number of amides is 1. The fourth-order valence-corrected chi connectivity index (χ4v) is 2.39. The number of nitrogens with one attached hydrogen (secondary N) is 1. The summed E-state index contributed by atoms with van der Waals surface area (Å²) in [6.07, 6.45) is 0.805. The van der Waals surface area contributed by atoms with Crippen molar-refractivity contribution in [1.29, 1.82) is 5.26 Å². The van der Waals surface area contributed by atoms with Gasteiger partial charge >= 0.3 is 0 Å². The lowest BCUT2D eigenvalue weighted by Crippen LogP contribution is -2.30. The Balaban J connectivity index is 2.27. The van der Waals surface area contributed by atoms with Crippen molar-refractivity contribution < 1.29 is 4.79 Å². The van der Waals surface area contributed by atoms with E-state index in [0.29, 0.717) is 17.9 Å². The van der Waals surface area contributed by atoms with Crippen molar-refractivity contribution in [3.63, 3.8) is 0 Å². The molecule has 1 atom stereocenters. The Bertz CT molecular complexity index is 547. The summed E-state index contributed by atoms with van der Waals surface area (Å²) in [5.41, 5.74) is 2.53. The molecule has 5 nitrogen and oxygen atoms in total. The minimum Gasteiger partial charge on any atom is -0.359 e. The van der Waals surface area contributed by atoms with Gasteiger partial charge in [-0.15, -0.1) is 0 Å². The molecular weight excluding hydrogens is 240 g/mol. The predicted octanol–water partition coefficient (Wildman–Crippen LogP) is 1.14. The topological polar surface area (TPSA) is 69.0 Å². The minimum absolute atomic E-state index is 0.0139. The molecule has 1 saturated heterocycles. The minimum atomic E-state index is -0.0139. The van der Waals surface area contributed by atoms with Gasteiger partial charge in [0.05, 0.1) is 11.5 Å². The first-order valence-corrected chi connectivity index (χ1v) is 6.41. The fourth-order valence-electron chi connectivity index (χ4n) is 2.39. The Morgan fingerprint density at radius 2 is 2.32 bits per heavy atom. The number of aryl methyl sites for hydroxylation is 2. The van der Waals surface area contributed by atoms with Crippen molar-refractivity contribution in [1.82, 2.24) is 10.3 Å². The first-order valence-electron chi connectivity index (χ1n) is 6.41. The normalized spacial score (nSPS) is 18.2. The summed E-state index contributed by atoms with van der Waals surface area (Å²) in [5.74, 6) is 0.752. The molecule has 1 aromatic rings. The average Bonchev–Trinajstić information content (AvgIpc) is 2.90. The van der Waals surface area contributed by atoms with Crippen LogP contribution in [0.4, 0.5) is 5.82 Å². The van der Waals surface area contributed by atoms with E-state index in [1.807, 2.05) is 24.8 Å². The van der Waals surface area contributed by atoms with Crippen LogP contribution in [0.1, 0.15) is 23.2 Å². The maximum Gasteiger partial charge on any atom is 0.224 e. The molecule has 1 fully saturated rings. The first-order chi connectivity index (χ1) is 9.06. The number of rotatable bonds is 2. The number of hydrogen-bond donors (Lipinski definition) is 1. The summed E-state index contributed by atoms with van der Waals surface area (Å²) in [7, 11) is 1.65. The van der Waals surface area contributed by atoms with E-state index in [1.165, 1.54) is 0 Å². The largest absolute Gasteiger partial charge is 0.359 e. The Labute approximate surface area is 113 Å².